The first-order chi connectivity index (χ1) is 21.3. The van der Waals surface area contributed by atoms with Gasteiger partial charge in [-0.05, 0) is 20.3 Å². The largest absolute Gasteiger partial charge is 0.469 e. The zero-order valence-electron chi connectivity index (χ0n) is 27.3. The molecular weight excluding hydrogens is 618 g/mol. The van der Waals surface area contributed by atoms with Crippen LogP contribution in [-0.2, 0) is 66.7 Å². The summed E-state index contributed by atoms with van der Waals surface area (Å²) in [5.74, 6) is -10.4. The highest BCUT2D eigenvalue weighted by molar-refractivity contribution is 5.81. The minimum Gasteiger partial charge on any atom is -0.469 e. The first-order valence-electron chi connectivity index (χ1n) is 14.1. The Balaban J connectivity index is 4.26. The third-order valence-corrected chi connectivity index (χ3v) is 7.56. The van der Waals surface area contributed by atoms with Gasteiger partial charge in [-0.15, -0.1) is 0 Å². The van der Waals surface area contributed by atoms with Crippen molar-refractivity contribution in [2.45, 2.75) is 97.7 Å². The SMILES string of the molecule is COC(=O)C[C@@H](C(=O)OC)[C@@]1([N+](=O)[O-])CC(C)=C(C)C[C@@H]1[C@H](OC(C)=O)[C@@H](OC(C)=O)[C@@H](OC(C)=O)[C@@H](COC(C)=O)OC(C)=O. The molecule has 0 amide bonds. The van der Waals surface area contributed by atoms with Crippen LogP contribution in [-0.4, -0.2) is 97.5 Å². The van der Waals surface area contributed by atoms with Crippen LogP contribution in [0.4, 0.5) is 0 Å². The molecule has 46 heavy (non-hydrogen) atoms. The number of carbonyl (C=O) groups excluding carboxylic acids is 7. The standard InChI is InChI=1S/C29H41NO16/c1-14-10-21(29(30(38)39,12-15(14)2)22(28(37)41-9)11-24(36)40-8)25(44-18(5)33)27(46-20(7)35)26(45-19(6)34)23(43-17(4)32)13-42-16(3)31/h21-23,25-27H,10-13H2,1-9H3/t21-,22+,23-,25+,26+,27-,29-/m1/s1. The van der Waals surface area contributed by atoms with Crippen LogP contribution >= 0.6 is 0 Å². The Morgan fingerprint density at radius 2 is 1.30 bits per heavy atom. The number of carbonyl (C=O) groups is 7. The Hall–Kier alpha value is -4.57. The van der Waals surface area contributed by atoms with Gasteiger partial charge >= 0.3 is 41.8 Å². The molecule has 17 heteroatoms. The maximum atomic E-state index is 13.3. The highest BCUT2D eigenvalue weighted by atomic mass is 16.6. The van der Waals surface area contributed by atoms with Crippen molar-refractivity contribution in [1.29, 1.82) is 0 Å². The number of rotatable bonds is 15. The number of nitrogens with zero attached hydrogens (tertiary/aromatic N) is 1. The van der Waals surface area contributed by atoms with E-state index in [2.05, 4.69) is 0 Å². The third-order valence-electron chi connectivity index (χ3n) is 7.56. The minimum atomic E-state index is -2.48. The van der Waals surface area contributed by atoms with Gasteiger partial charge in [0.1, 0.15) is 12.5 Å². The highest BCUT2D eigenvalue weighted by Crippen LogP contribution is 2.49. The van der Waals surface area contributed by atoms with Gasteiger partial charge < -0.3 is 33.2 Å². The van der Waals surface area contributed by atoms with Crippen LogP contribution in [0.3, 0.4) is 0 Å². The molecule has 0 saturated heterocycles. The van der Waals surface area contributed by atoms with E-state index < -0.39 is 108 Å². The Morgan fingerprint density at radius 1 is 0.783 bits per heavy atom. The number of allylic oxidation sites excluding steroid dienone is 1. The van der Waals surface area contributed by atoms with E-state index >= 15 is 0 Å². The van der Waals surface area contributed by atoms with Gasteiger partial charge in [-0.1, -0.05) is 11.1 Å². The molecular formula is C29H41NO16. The van der Waals surface area contributed by atoms with Crippen molar-refractivity contribution in [3.63, 3.8) is 0 Å². The summed E-state index contributed by atoms with van der Waals surface area (Å²) < 4.78 is 36.5. The van der Waals surface area contributed by atoms with E-state index in [1.807, 2.05) is 0 Å². The fourth-order valence-corrected chi connectivity index (χ4v) is 5.59. The highest BCUT2D eigenvalue weighted by Gasteiger charge is 2.66. The van der Waals surface area contributed by atoms with Gasteiger partial charge in [0, 0.05) is 46.0 Å². The number of esters is 7. The third kappa shape index (κ3) is 10.2. The Kier molecular flexibility index (Phi) is 14.8. The predicted octanol–water partition coefficient (Wildman–Crippen LogP) is 1.39. The average molecular weight is 660 g/mol. The smallest absolute Gasteiger partial charge is 0.316 e. The first-order valence-corrected chi connectivity index (χ1v) is 14.1. The number of ether oxygens (including phenoxy) is 7. The monoisotopic (exact) mass is 659 g/mol. The van der Waals surface area contributed by atoms with Gasteiger partial charge in [0.2, 0.25) is 5.54 Å². The van der Waals surface area contributed by atoms with Crippen molar-refractivity contribution in [2.24, 2.45) is 11.8 Å². The lowest BCUT2D eigenvalue weighted by molar-refractivity contribution is -0.593. The minimum absolute atomic E-state index is 0.258. The molecule has 0 aromatic carbocycles. The van der Waals surface area contributed by atoms with E-state index in [1.54, 1.807) is 13.8 Å². The average Bonchev–Trinajstić information content (AvgIpc) is 2.94. The van der Waals surface area contributed by atoms with E-state index in [4.69, 9.17) is 33.2 Å². The van der Waals surface area contributed by atoms with E-state index in [9.17, 15) is 43.7 Å². The summed E-state index contributed by atoms with van der Waals surface area (Å²) in [5.41, 5.74) is -1.43. The lowest BCUT2D eigenvalue weighted by atomic mass is 9.61. The molecule has 258 valence electrons. The van der Waals surface area contributed by atoms with Crippen LogP contribution in [0.5, 0.6) is 0 Å². The van der Waals surface area contributed by atoms with Crippen LogP contribution in [0.25, 0.3) is 0 Å². The quantitative estimate of drug-likeness (QED) is 0.0795. The predicted molar refractivity (Wildman–Crippen MR) is 152 cm³/mol. The van der Waals surface area contributed by atoms with Gasteiger partial charge in [0.05, 0.1) is 26.6 Å². The number of methoxy groups -OCH3 is 2. The molecule has 1 aliphatic carbocycles. The molecule has 0 unspecified atom stereocenters. The van der Waals surface area contributed by atoms with Crippen molar-refractivity contribution in [2.75, 3.05) is 20.8 Å². The van der Waals surface area contributed by atoms with Gasteiger partial charge in [0.25, 0.3) is 0 Å². The van der Waals surface area contributed by atoms with Gasteiger partial charge in [-0.25, -0.2) is 0 Å². The van der Waals surface area contributed by atoms with Crippen molar-refractivity contribution in [1.82, 2.24) is 0 Å². The molecule has 1 aliphatic rings. The zero-order chi connectivity index (χ0) is 35.5. The van der Waals surface area contributed by atoms with Crippen LogP contribution in [0.1, 0.15) is 67.7 Å². The lowest BCUT2D eigenvalue weighted by Crippen LogP contribution is -2.64. The van der Waals surface area contributed by atoms with Crippen LogP contribution in [0.15, 0.2) is 11.1 Å². The second kappa shape index (κ2) is 17.2. The zero-order valence-corrected chi connectivity index (χ0v) is 27.3. The summed E-state index contributed by atoms with van der Waals surface area (Å²) in [4.78, 5) is 99.5. The maximum absolute atomic E-state index is 13.3. The van der Waals surface area contributed by atoms with Gasteiger partial charge in [-0.2, -0.15) is 0 Å². The number of hydrogen-bond donors (Lipinski definition) is 0. The molecule has 17 nitrogen and oxygen atoms in total. The van der Waals surface area contributed by atoms with Gasteiger partial charge in [-0.3, -0.25) is 43.7 Å². The first kappa shape index (κ1) is 39.5. The van der Waals surface area contributed by atoms with Gasteiger partial charge in [0.15, 0.2) is 24.4 Å². The normalized spacial score (nSPS) is 20.8. The van der Waals surface area contributed by atoms with E-state index in [-0.39, 0.29) is 6.42 Å². The van der Waals surface area contributed by atoms with Crippen molar-refractivity contribution < 1.29 is 71.6 Å². The molecule has 0 aromatic rings. The van der Waals surface area contributed by atoms with Crippen LogP contribution in [0.2, 0.25) is 0 Å². The second-order valence-electron chi connectivity index (χ2n) is 10.8. The van der Waals surface area contributed by atoms with E-state index in [0.29, 0.717) is 11.1 Å². The molecule has 1 rings (SSSR count). The molecule has 0 fully saturated rings. The molecule has 0 bridgehead atoms. The van der Waals surface area contributed by atoms with Crippen LogP contribution < -0.4 is 0 Å². The fourth-order valence-electron chi connectivity index (χ4n) is 5.59. The topological polar surface area (TPSA) is 227 Å². The summed E-state index contributed by atoms with van der Waals surface area (Å²) in [7, 11) is 1.98. The maximum Gasteiger partial charge on any atom is 0.316 e. The molecule has 0 aliphatic heterocycles. The fraction of sp³-hybridized carbons (Fsp3) is 0.690. The summed E-state index contributed by atoms with van der Waals surface area (Å²) in [6, 6.07) is 0. The summed E-state index contributed by atoms with van der Waals surface area (Å²) in [6.45, 7) is 7.36. The Labute approximate surface area is 265 Å². The molecule has 0 spiro atoms. The van der Waals surface area contributed by atoms with Crippen LogP contribution in [0, 0.1) is 22.0 Å². The van der Waals surface area contributed by atoms with Crippen molar-refractivity contribution >= 4 is 41.8 Å². The molecule has 0 saturated carbocycles. The Bertz CT molecular complexity index is 1240. The summed E-state index contributed by atoms with van der Waals surface area (Å²) in [6.07, 6.45) is -8.98. The molecule has 0 N–H and O–H groups in total. The molecule has 0 radical (unpaired) electrons. The number of nitro groups is 1. The Morgan fingerprint density at radius 3 is 1.74 bits per heavy atom. The molecule has 7 atom stereocenters. The number of hydrogen-bond acceptors (Lipinski definition) is 16. The summed E-state index contributed by atoms with van der Waals surface area (Å²) >= 11 is 0. The summed E-state index contributed by atoms with van der Waals surface area (Å²) in [5, 5.41) is 13.3. The second-order valence-corrected chi connectivity index (χ2v) is 10.8. The lowest BCUT2D eigenvalue weighted by Gasteiger charge is -2.46. The molecule has 0 heterocycles. The van der Waals surface area contributed by atoms with E-state index in [0.717, 1.165) is 48.8 Å². The molecule has 0 aromatic heterocycles. The van der Waals surface area contributed by atoms with Crippen molar-refractivity contribution in [3.05, 3.63) is 21.3 Å². The van der Waals surface area contributed by atoms with Crippen molar-refractivity contribution in [3.8, 4) is 0 Å². The van der Waals surface area contributed by atoms with E-state index in [1.165, 1.54) is 0 Å².